The molecule has 3 aromatic rings. The fraction of sp³-hybridized carbons (Fsp3) is 0.364. The van der Waals surface area contributed by atoms with Gasteiger partial charge in [0.05, 0.1) is 11.8 Å². The van der Waals surface area contributed by atoms with Gasteiger partial charge in [-0.1, -0.05) is 35.1 Å². The second-order valence-corrected chi connectivity index (χ2v) is 9.26. The minimum atomic E-state index is 0.246. The predicted octanol–water partition coefficient (Wildman–Crippen LogP) is 4.44. The van der Waals surface area contributed by atoms with Crippen LogP contribution < -0.4 is 9.64 Å². The molecule has 1 fully saturated rings. The Labute approximate surface area is 179 Å². The Morgan fingerprint density at radius 3 is 2.62 bits per heavy atom. The Kier molecular flexibility index (Phi) is 6.25. The van der Waals surface area contributed by atoms with Gasteiger partial charge in [0, 0.05) is 43.2 Å². The Balaban J connectivity index is 1.28. The number of methoxy groups -OCH3 is 1. The summed E-state index contributed by atoms with van der Waals surface area (Å²) < 4.78 is 6.55. The van der Waals surface area contributed by atoms with E-state index < -0.39 is 0 Å². The van der Waals surface area contributed by atoms with Crippen LogP contribution in [0.3, 0.4) is 0 Å². The molecule has 152 valence electrons. The van der Waals surface area contributed by atoms with Crippen molar-refractivity contribution in [2.45, 2.75) is 18.2 Å². The van der Waals surface area contributed by atoms with E-state index in [2.05, 4.69) is 42.2 Å². The van der Waals surface area contributed by atoms with Gasteiger partial charge in [-0.05, 0) is 31.2 Å². The number of carbonyl (C=O) groups is 1. The molecule has 1 aliphatic rings. The van der Waals surface area contributed by atoms with Gasteiger partial charge in [0.2, 0.25) is 5.91 Å². The lowest BCUT2D eigenvalue weighted by Crippen LogP contribution is -2.48. The van der Waals surface area contributed by atoms with Crippen molar-refractivity contribution in [1.82, 2.24) is 9.88 Å². The topological polar surface area (TPSA) is 45.7 Å². The zero-order chi connectivity index (χ0) is 20.2. The van der Waals surface area contributed by atoms with Crippen molar-refractivity contribution < 1.29 is 9.53 Å². The smallest absolute Gasteiger partial charge is 0.223 e. The summed E-state index contributed by atoms with van der Waals surface area (Å²) in [5.74, 6) is 1.87. The maximum atomic E-state index is 12.6. The van der Waals surface area contributed by atoms with Crippen molar-refractivity contribution in [2.75, 3.05) is 43.9 Å². The van der Waals surface area contributed by atoms with Crippen LogP contribution >= 0.6 is 23.1 Å². The van der Waals surface area contributed by atoms with Crippen LogP contribution in [0.2, 0.25) is 0 Å². The summed E-state index contributed by atoms with van der Waals surface area (Å²) in [5.41, 5.74) is 2.18. The fourth-order valence-electron chi connectivity index (χ4n) is 3.41. The van der Waals surface area contributed by atoms with Crippen molar-refractivity contribution in [3.63, 3.8) is 0 Å². The number of rotatable bonds is 6. The summed E-state index contributed by atoms with van der Waals surface area (Å²) in [6.45, 7) is 5.22. The SMILES string of the molecule is COc1cccc2sc(N3CCN(C(=O)CCSc4ccc(C)cc4)CC3)nc12. The molecule has 2 heterocycles. The summed E-state index contributed by atoms with van der Waals surface area (Å²) in [7, 11) is 1.68. The molecule has 0 N–H and O–H groups in total. The van der Waals surface area contributed by atoms with Crippen molar-refractivity contribution in [3.8, 4) is 5.75 Å². The summed E-state index contributed by atoms with van der Waals surface area (Å²) in [6.07, 6.45) is 0.580. The average molecular weight is 428 g/mol. The first-order valence-corrected chi connectivity index (χ1v) is 11.6. The number of thiazole rings is 1. The van der Waals surface area contributed by atoms with Gasteiger partial charge in [0.15, 0.2) is 5.13 Å². The molecule has 0 saturated carbocycles. The third-order valence-corrected chi connectivity index (χ3v) is 7.19. The Hall–Kier alpha value is -2.25. The molecule has 0 atom stereocenters. The molecular formula is C22H25N3O2S2. The number of fused-ring (bicyclic) bond motifs is 1. The number of hydrogen-bond acceptors (Lipinski definition) is 6. The molecule has 0 radical (unpaired) electrons. The van der Waals surface area contributed by atoms with Crippen LogP contribution in [0.15, 0.2) is 47.4 Å². The van der Waals surface area contributed by atoms with E-state index in [1.54, 1.807) is 30.2 Å². The molecular weight excluding hydrogens is 402 g/mol. The first kappa shape index (κ1) is 20.0. The zero-order valence-corrected chi connectivity index (χ0v) is 18.4. The maximum absolute atomic E-state index is 12.6. The van der Waals surface area contributed by atoms with Gasteiger partial charge >= 0.3 is 0 Å². The largest absolute Gasteiger partial charge is 0.494 e. The van der Waals surface area contributed by atoms with E-state index in [1.165, 1.54) is 10.5 Å². The molecule has 29 heavy (non-hydrogen) atoms. The summed E-state index contributed by atoms with van der Waals surface area (Å²) in [6, 6.07) is 14.5. The summed E-state index contributed by atoms with van der Waals surface area (Å²) in [5, 5.41) is 1.01. The molecule has 7 heteroatoms. The number of hydrogen-bond donors (Lipinski definition) is 0. The van der Waals surface area contributed by atoms with Gasteiger partial charge in [-0.25, -0.2) is 4.98 Å². The number of anilines is 1. The molecule has 5 nitrogen and oxygen atoms in total. The lowest BCUT2D eigenvalue weighted by atomic mass is 10.2. The highest BCUT2D eigenvalue weighted by Gasteiger charge is 2.23. The predicted molar refractivity (Wildman–Crippen MR) is 121 cm³/mol. The molecule has 0 spiro atoms. The quantitative estimate of drug-likeness (QED) is 0.544. The Bertz CT molecular complexity index is 979. The first-order valence-electron chi connectivity index (χ1n) is 9.80. The minimum absolute atomic E-state index is 0.246. The van der Waals surface area contributed by atoms with E-state index >= 15 is 0 Å². The van der Waals surface area contributed by atoms with Crippen LogP contribution in [0.25, 0.3) is 10.2 Å². The van der Waals surface area contributed by atoms with Crippen molar-refractivity contribution in [3.05, 3.63) is 48.0 Å². The van der Waals surface area contributed by atoms with E-state index in [4.69, 9.17) is 9.72 Å². The van der Waals surface area contributed by atoms with E-state index in [0.717, 1.165) is 53.0 Å². The third-order valence-electron chi connectivity index (χ3n) is 5.10. The minimum Gasteiger partial charge on any atom is -0.494 e. The normalized spacial score (nSPS) is 14.4. The number of thioether (sulfide) groups is 1. The van der Waals surface area contributed by atoms with Gasteiger partial charge in [-0.3, -0.25) is 4.79 Å². The molecule has 2 aromatic carbocycles. The molecule has 0 unspecified atom stereocenters. The third kappa shape index (κ3) is 4.67. The monoisotopic (exact) mass is 427 g/mol. The first-order chi connectivity index (χ1) is 14.1. The van der Waals surface area contributed by atoms with Gasteiger partial charge in [-0.2, -0.15) is 0 Å². The second kappa shape index (κ2) is 9.05. The number of aromatic nitrogens is 1. The Morgan fingerprint density at radius 2 is 1.90 bits per heavy atom. The van der Waals surface area contributed by atoms with Crippen LogP contribution in [0.5, 0.6) is 5.75 Å². The molecule has 0 bridgehead atoms. The van der Waals surface area contributed by atoms with Crippen molar-refractivity contribution in [1.29, 1.82) is 0 Å². The highest BCUT2D eigenvalue weighted by molar-refractivity contribution is 7.99. The molecule has 1 aromatic heterocycles. The lowest BCUT2D eigenvalue weighted by Gasteiger charge is -2.34. The van der Waals surface area contributed by atoms with Gasteiger partial charge in [0.25, 0.3) is 0 Å². The van der Waals surface area contributed by atoms with Crippen molar-refractivity contribution in [2.24, 2.45) is 0 Å². The van der Waals surface area contributed by atoms with Crippen LogP contribution in [0.1, 0.15) is 12.0 Å². The fourth-order valence-corrected chi connectivity index (χ4v) is 5.28. The molecule has 0 aliphatic carbocycles. The number of nitrogens with zero attached hydrogens (tertiary/aromatic N) is 3. The van der Waals surface area contributed by atoms with Gasteiger partial charge < -0.3 is 14.5 Å². The Morgan fingerprint density at radius 1 is 1.14 bits per heavy atom. The average Bonchev–Trinajstić information content (AvgIpc) is 3.19. The van der Waals surface area contributed by atoms with Crippen LogP contribution in [-0.2, 0) is 4.79 Å². The summed E-state index contributed by atoms with van der Waals surface area (Å²) >= 11 is 3.43. The van der Waals surface area contributed by atoms with Crippen LogP contribution in [-0.4, -0.2) is 54.8 Å². The molecule has 1 aliphatic heterocycles. The second-order valence-electron chi connectivity index (χ2n) is 7.08. The number of piperazine rings is 1. The maximum Gasteiger partial charge on any atom is 0.223 e. The highest BCUT2D eigenvalue weighted by Crippen LogP contribution is 2.34. The van der Waals surface area contributed by atoms with Crippen LogP contribution in [0.4, 0.5) is 5.13 Å². The van der Waals surface area contributed by atoms with E-state index in [1.807, 2.05) is 17.0 Å². The number of para-hydroxylation sites is 1. The number of benzene rings is 2. The molecule has 1 saturated heterocycles. The van der Waals surface area contributed by atoms with Gasteiger partial charge in [0.1, 0.15) is 11.3 Å². The number of amides is 1. The number of carbonyl (C=O) groups excluding carboxylic acids is 1. The zero-order valence-electron chi connectivity index (χ0n) is 16.8. The van der Waals surface area contributed by atoms with Gasteiger partial charge in [-0.15, -0.1) is 11.8 Å². The van der Waals surface area contributed by atoms with E-state index in [9.17, 15) is 4.79 Å². The van der Waals surface area contributed by atoms with E-state index in [-0.39, 0.29) is 5.91 Å². The summed E-state index contributed by atoms with van der Waals surface area (Å²) in [4.78, 5) is 22.8. The number of ether oxygens (including phenoxy) is 1. The van der Waals surface area contributed by atoms with Crippen LogP contribution in [0, 0.1) is 6.92 Å². The molecule has 4 rings (SSSR count). The van der Waals surface area contributed by atoms with Crippen molar-refractivity contribution >= 4 is 44.4 Å². The number of aryl methyl sites for hydroxylation is 1. The highest BCUT2D eigenvalue weighted by atomic mass is 32.2. The molecule has 1 amide bonds. The van der Waals surface area contributed by atoms with E-state index in [0.29, 0.717) is 6.42 Å². The lowest BCUT2D eigenvalue weighted by molar-refractivity contribution is -0.131. The standard InChI is InChI=1S/C22H25N3O2S2/c1-16-6-8-17(9-7-16)28-15-10-20(26)24-11-13-25(14-12-24)22-23-21-18(27-2)4-3-5-19(21)29-22/h3-9H,10-15H2,1-2H3.